The highest BCUT2D eigenvalue weighted by Crippen LogP contribution is 2.38. The van der Waals surface area contributed by atoms with Crippen molar-refractivity contribution in [2.45, 2.75) is 25.2 Å². The maximum absolute atomic E-state index is 5.90. The fraction of sp³-hybridized carbons (Fsp3) is 0.400. The molecule has 14 heavy (non-hydrogen) atoms. The zero-order valence-electron chi connectivity index (χ0n) is 7.63. The Morgan fingerprint density at radius 3 is 2.93 bits per heavy atom. The van der Waals surface area contributed by atoms with Crippen molar-refractivity contribution in [3.8, 4) is 0 Å². The maximum Gasteiger partial charge on any atom is 0.142 e. The first kappa shape index (κ1) is 8.24. The molecule has 1 fully saturated rings. The summed E-state index contributed by atoms with van der Waals surface area (Å²) in [7, 11) is 0. The van der Waals surface area contributed by atoms with Gasteiger partial charge in [-0.05, 0) is 18.9 Å². The number of fused-ring (bicyclic) bond motifs is 1. The molecular weight excluding hydrogens is 198 g/mol. The van der Waals surface area contributed by atoms with E-state index in [0.29, 0.717) is 11.1 Å². The van der Waals surface area contributed by atoms with Crippen LogP contribution in [0.5, 0.6) is 0 Å². The first-order valence-electron chi connectivity index (χ1n) is 4.84. The van der Waals surface area contributed by atoms with Gasteiger partial charge in [0.1, 0.15) is 17.1 Å². The van der Waals surface area contributed by atoms with E-state index in [4.69, 9.17) is 11.6 Å². The minimum atomic E-state index is 0.618. The van der Waals surface area contributed by atoms with Crippen LogP contribution in [0, 0.1) is 0 Å². The summed E-state index contributed by atoms with van der Waals surface area (Å²) in [5.41, 5.74) is 2.01. The van der Waals surface area contributed by atoms with E-state index in [1.54, 1.807) is 6.33 Å². The highest BCUT2D eigenvalue weighted by molar-refractivity contribution is 6.30. The number of aromatic amines is 1. The molecule has 0 spiro atoms. The van der Waals surface area contributed by atoms with E-state index >= 15 is 0 Å². The van der Waals surface area contributed by atoms with Gasteiger partial charge in [0.25, 0.3) is 0 Å². The van der Waals surface area contributed by atoms with E-state index in [-0.39, 0.29) is 0 Å². The average Bonchev–Trinajstić information content (AvgIpc) is 2.43. The average molecular weight is 208 g/mol. The molecule has 3 rings (SSSR count). The summed E-state index contributed by atoms with van der Waals surface area (Å²) >= 11 is 5.90. The van der Waals surface area contributed by atoms with Gasteiger partial charge in [-0.15, -0.1) is 0 Å². The highest BCUT2D eigenvalue weighted by atomic mass is 35.5. The largest absolute Gasteiger partial charge is 0.330 e. The third-order valence-corrected chi connectivity index (χ3v) is 3.12. The normalized spacial score (nSPS) is 17.2. The Morgan fingerprint density at radius 1 is 1.36 bits per heavy atom. The Morgan fingerprint density at radius 2 is 2.21 bits per heavy atom. The molecule has 2 heterocycles. The molecule has 2 aromatic heterocycles. The van der Waals surface area contributed by atoms with Crippen molar-refractivity contribution in [2.75, 3.05) is 0 Å². The maximum atomic E-state index is 5.90. The minimum Gasteiger partial charge on any atom is -0.330 e. The fourth-order valence-electron chi connectivity index (χ4n) is 1.93. The lowest BCUT2D eigenvalue weighted by molar-refractivity contribution is 0.413. The predicted octanol–water partition coefficient (Wildman–Crippen LogP) is 2.88. The van der Waals surface area contributed by atoms with Gasteiger partial charge in [-0.25, -0.2) is 9.97 Å². The molecule has 0 amide bonds. The van der Waals surface area contributed by atoms with Crippen molar-refractivity contribution in [3.63, 3.8) is 0 Å². The summed E-state index contributed by atoms with van der Waals surface area (Å²) in [5.74, 6) is 0.618. The molecular formula is C10H10ClN3. The number of halogens is 1. The second kappa shape index (κ2) is 2.95. The van der Waals surface area contributed by atoms with Crippen LogP contribution in [-0.4, -0.2) is 15.0 Å². The molecule has 3 nitrogen and oxygen atoms in total. The fourth-order valence-corrected chi connectivity index (χ4v) is 2.13. The number of aromatic nitrogens is 3. The van der Waals surface area contributed by atoms with Crippen LogP contribution in [0.1, 0.15) is 30.9 Å². The van der Waals surface area contributed by atoms with E-state index in [2.05, 4.69) is 15.0 Å². The number of hydrogen-bond acceptors (Lipinski definition) is 2. The zero-order chi connectivity index (χ0) is 9.54. The van der Waals surface area contributed by atoms with E-state index < -0.39 is 0 Å². The molecule has 1 aliphatic rings. The Labute approximate surface area is 86.5 Å². The molecule has 2 aromatic rings. The predicted molar refractivity (Wildman–Crippen MR) is 55.5 cm³/mol. The van der Waals surface area contributed by atoms with Crippen LogP contribution >= 0.6 is 11.6 Å². The summed E-state index contributed by atoms with van der Waals surface area (Å²) in [5, 5.41) is 1.73. The van der Waals surface area contributed by atoms with Crippen molar-refractivity contribution < 1.29 is 0 Å². The molecule has 0 saturated heterocycles. The van der Waals surface area contributed by atoms with Gasteiger partial charge in [-0.3, -0.25) is 0 Å². The van der Waals surface area contributed by atoms with E-state index in [9.17, 15) is 0 Å². The van der Waals surface area contributed by atoms with Gasteiger partial charge in [-0.2, -0.15) is 0 Å². The van der Waals surface area contributed by atoms with Crippen molar-refractivity contribution in [1.29, 1.82) is 0 Å². The molecule has 0 aliphatic heterocycles. The molecule has 0 unspecified atom stereocenters. The second-order valence-corrected chi connectivity index (χ2v) is 4.17. The second-order valence-electron chi connectivity index (χ2n) is 3.77. The number of hydrogen-bond donors (Lipinski definition) is 1. The van der Waals surface area contributed by atoms with Crippen LogP contribution in [0.3, 0.4) is 0 Å². The summed E-state index contributed by atoms with van der Waals surface area (Å²) in [6.07, 6.45) is 5.42. The Hall–Kier alpha value is -1.09. The van der Waals surface area contributed by atoms with Gasteiger partial charge in [0.15, 0.2) is 0 Å². The number of H-pyrrole nitrogens is 1. The van der Waals surface area contributed by atoms with Gasteiger partial charge in [0.2, 0.25) is 0 Å². The van der Waals surface area contributed by atoms with Crippen LogP contribution in [-0.2, 0) is 0 Å². The Kier molecular flexibility index (Phi) is 1.74. The summed E-state index contributed by atoms with van der Waals surface area (Å²) in [4.78, 5) is 11.5. The van der Waals surface area contributed by atoms with Crippen LogP contribution in [0.15, 0.2) is 12.4 Å². The van der Waals surface area contributed by atoms with Crippen molar-refractivity contribution in [1.82, 2.24) is 15.0 Å². The first-order valence-corrected chi connectivity index (χ1v) is 5.21. The Balaban J connectivity index is 2.21. The standard InChI is InChI=1S/C10H10ClN3/c11-8-4-7-9(6-2-1-3-6)12-5-13-10(7)14-8/h4-6H,1-3H2,(H,12,13,14). The van der Waals surface area contributed by atoms with Gasteiger partial charge < -0.3 is 4.98 Å². The molecule has 4 heteroatoms. The summed E-state index contributed by atoms with van der Waals surface area (Å²) in [6.45, 7) is 0. The van der Waals surface area contributed by atoms with Gasteiger partial charge >= 0.3 is 0 Å². The van der Waals surface area contributed by atoms with Gasteiger partial charge in [0, 0.05) is 11.3 Å². The number of rotatable bonds is 1. The molecule has 0 atom stereocenters. The highest BCUT2D eigenvalue weighted by Gasteiger charge is 2.23. The van der Waals surface area contributed by atoms with Crippen LogP contribution < -0.4 is 0 Å². The zero-order valence-corrected chi connectivity index (χ0v) is 8.38. The molecule has 0 radical (unpaired) electrons. The molecule has 0 aromatic carbocycles. The van der Waals surface area contributed by atoms with Crippen molar-refractivity contribution in [3.05, 3.63) is 23.2 Å². The quantitative estimate of drug-likeness (QED) is 0.781. The molecule has 0 bridgehead atoms. The molecule has 1 saturated carbocycles. The third-order valence-electron chi connectivity index (χ3n) is 2.92. The summed E-state index contributed by atoms with van der Waals surface area (Å²) in [6, 6.07) is 1.92. The van der Waals surface area contributed by atoms with Gasteiger partial charge in [-0.1, -0.05) is 18.0 Å². The lowest BCUT2D eigenvalue weighted by atomic mass is 9.82. The smallest absolute Gasteiger partial charge is 0.142 e. The first-order chi connectivity index (χ1) is 6.84. The van der Waals surface area contributed by atoms with Crippen LogP contribution in [0.25, 0.3) is 11.0 Å². The van der Waals surface area contributed by atoms with Crippen molar-refractivity contribution in [2.24, 2.45) is 0 Å². The topological polar surface area (TPSA) is 41.6 Å². The molecule has 72 valence electrons. The van der Waals surface area contributed by atoms with E-state index in [0.717, 1.165) is 16.7 Å². The molecule has 1 aliphatic carbocycles. The van der Waals surface area contributed by atoms with Crippen molar-refractivity contribution >= 4 is 22.6 Å². The molecule has 1 N–H and O–H groups in total. The van der Waals surface area contributed by atoms with E-state index in [1.165, 1.54) is 19.3 Å². The number of nitrogens with zero attached hydrogens (tertiary/aromatic N) is 2. The SMILES string of the molecule is Clc1cc2c(C3CCC3)ncnc2[nH]1. The minimum absolute atomic E-state index is 0.618. The Bertz CT molecular complexity index is 473. The van der Waals surface area contributed by atoms with Crippen LogP contribution in [0.4, 0.5) is 0 Å². The third kappa shape index (κ3) is 1.12. The van der Waals surface area contributed by atoms with Crippen LogP contribution in [0.2, 0.25) is 5.15 Å². The summed E-state index contributed by atoms with van der Waals surface area (Å²) < 4.78 is 0. The van der Waals surface area contributed by atoms with Gasteiger partial charge in [0.05, 0.1) is 5.69 Å². The lowest BCUT2D eigenvalue weighted by Crippen LogP contribution is -2.10. The van der Waals surface area contributed by atoms with E-state index in [1.807, 2.05) is 6.07 Å². The number of nitrogens with one attached hydrogen (secondary N) is 1. The lowest BCUT2D eigenvalue weighted by Gasteiger charge is -2.24. The monoisotopic (exact) mass is 207 g/mol.